The number of likely N-dealkylation sites (N-methyl/N-ethyl adjacent to an activating group) is 1. The molecule has 0 radical (unpaired) electrons. The summed E-state index contributed by atoms with van der Waals surface area (Å²) in [5.74, 6) is -1.08. The average molecular weight is 394 g/mol. The topological polar surface area (TPSA) is 97.2 Å². The number of halogens is 4. The molecule has 0 saturated carbocycles. The third kappa shape index (κ3) is 4.64. The minimum absolute atomic E-state index is 0.0625. The zero-order valence-electron chi connectivity index (χ0n) is 10.8. The monoisotopic (exact) mass is 393 g/mol. The average Bonchev–Trinajstić information content (AvgIpc) is 2.66. The van der Waals surface area contributed by atoms with Crippen molar-refractivity contribution < 1.29 is 26.4 Å². The molecular weight excluding hydrogens is 383 g/mol. The lowest BCUT2D eigenvalue weighted by Gasteiger charge is -2.17. The predicted octanol–water partition coefficient (Wildman–Crippen LogP) is -0.123. The van der Waals surface area contributed by atoms with Crippen LogP contribution in [0.4, 0.5) is 13.2 Å². The summed E-state index contributed by atoms with van der Waals surface area (Å²) >= 11 is 2.89. The van der Waals surface area contributed by atoms with Crippen molar-refractivity contribution in [2.75, 3.05) is 20.1 Å². The highest BCUT2D eigenvalue weighted by Gasteiger charge is 2.31. The van der Waals surface area contributed by atoms with Gasteiger partial charge in [0.05, 0.1) is 6.54 Å². The molecule has 120 valence electrons. The van der Waals surface area contributed by atoms with Gasteiger partial charge in [-0.1, -0.05) is 5.21 Å². The molecule has 0 atom stereocenters. The number of sulfonamides is 1. The van der Waals surface area contributed by atoms with Crippen LogP contribution in [-0.4, -0.2) is 59.9 Å². The molecule has 8 nitrogen and oxygen atoms in total. The molecule has 1 aromatic rings. The second kappa shape index (κ2) is 6.27. The second-order valence-corrected chi connectivity index (χ2v) is 6.67. The van der Waals surface area contributed by atoms with Gasteiger partial charge in [0, 0.05) is 14.1 Å². The summed E-state index contributed by atoms with van der Waals surface area (Å²) in [6.45, 7) is -2.30. The first kappa shape index (κ1) is 17.8. The zero-order valence-corrected chi connectivity index (χ0v) is 13.3. The molecule has 1 N–H and O–H groups in total. The molecule has 21 heavy (non-hydrogen) atoms. The van der Waals surface area contributed by atoms with Crippen molar-refractivity contribution in [1.82, 2.24) is 24.6 Å². The van der Waals surface area contributed by atoms with E-state index >= 15 is 0 Å². The minimum atomic E-state index is -4.57. The number of carbonyl (C=O) groups is 1. The SMILES string of the molecule is CN(CC(=O)NCC(F)(F)F)S(=O)(=O)c1c(Br)nnn1C. The van der Waals surface area contributed by atoms with Crippen molar-refractivity contribution in [3.63, 3.8) is 0 Å². The Hall–Kier alpha value is -1.21. The van der Waals surface area contributed by atoms with Crippen LogP contribution in [0, 0.1) is 0 Å². The lowest BCUT2D eigenvalue weighted by Crippen LogP contribution is -2.42. The van der Waals surface area contributed by atoms with Crippen LogP contribution in [0.15, 0.2) is 9.63 Å². The van der Waals surface area contributed by atoms with Gasteiger partial charge in [0.1, 0.15) is 6.54 Å². The molecule has 1 rings (SSSR count). The van der Waals surface area contributed by atoms with Gasteiger partial charge in [-0.3, -0.25) is 4.79 Å². The quantitative estimate of drug-likeness (QED) is 0.751. The Morgan fingerprint density at radius 3 is 2.48 bits per heavy atom. The maximum Gasteiger partial charge on any atom is 0.405 e. The zero-order chi connectivity index (χ0) is 16.4. The van der Waals surface area contributed by atoms with Gasteiger partial charge in [-0.2, -0.15) is 17.5 Å². The molecule has 0 fully saturated rings. The Bertz CT molecular complexity index is 610. The van der Waals surface area contributed by atoms with Gasteiger partial charge in [-0.25, -0.2) is 13.1 Å². The second-order valence-electron chi connectivity index (χ2n) is 3.96. The highest BCUT2D eigenvalue weighted by Crippen LogP contribution is 2.21. The van der Waals surface area contributed by atoms with E-state index in [1.54, 1.807) is 5.32 Å². The molecule has 0 aliphatic heterocycles. The highest BCUT2D eigenvalue weighted by atomic mass is 79.9. The lowest BCUT2D eigenvalue weighted by molar-refractivity contribution is -0.138. The van der Waals surface area contributed by atoms with E-state index in [4.69, 9.17) is 0 Å². The number of amides is 1. The third-order valence-electron chi connectivity index (χ3n) is 2.24. The Morgan fingerprint density at radius 1 is 1.48 bits per heavy atom. The van der Waals surface area contributed by atoms with Gasteiger partial charge < -0.3 is 5.32 Å². The first-order valence-electron chi connectivity index (χ1n) is 5.30. The van der Waals surface area contributed by atoms with Crippen LogP contribution >= 0.6 is 15.9 Å². The Morgan fingerprint density at radius 2 is 2.05 bits per heavy atom. The first-order chi connectivity index (χ1) is 9.45. The maximum absolute atomic E-state index is 12.2. The molecule has 0 aliphatic carbocycles. The molecule has 0 spiro atoms. The maximum atomic E-state index is 12.2. The molecule has 0 unspecified atom stereocenters. The van der Waals surface area contributed by atoms with Gasteiger partial charge in [0.25, 0.3) is 10.0 Å². The van der Waals surface area contributed by atoms with Crippen molar-refractivity contribution in [3.05, 3.63) is 4.60 Å². The van der Waals surface area contributed by atoms with Crippen LogP contribution in [0.25, 0.3) is 0 Å². The fourth-order valence-corrected chi connectivity index (χ4v) is 3.43. The molecule has 0 aliphatic rings. The molecule has 1 aromatic heterocycles. The first-order valence-corrected chi connectivity index (χ1v) is 7.53. The summed E-state index contributed by atoms with van der Waals surface area (Å²) in [4.78, 5) is 11.3. The largest absolute Gasteiger partial charge is 0.405 e. The van der Waals surface area contributed by atoms with Gasteiger partial charge in [0.15, 0.2) is 4.60 Å². The van der Waals surface area contributed by atoms with Crippen LogP contribution in [0.3, 0.4) is 0 Å². The Labute approximate surface area is 126 Å². The third-order valence-corrected chi connectivity index (χ3v) is 4.94. The van der Waals surface area contributed by atoms with E-state index in [1.165, 1.54) is 7.05 Å². The molecule has 0 aromatic carbocycles. The Kier molecular flexibility index (Phi) is 5.33. The van der Waals surface area contributed by atoms with Crippen molar-refractivity contribution in [2.24, 2.45) is 7.05 Å². The lowest BCUT2D eigenvalue weighted by atomic mass is 10.5. The van der Waals surface area contributed by atoms with E-state index in [0.29, 0.717) is 4.31 Å². The van der Waals surface area contributed by atoms with E-state index in [1.807, 2.05) is 0 Å². The number of nitrogens with one attached hydrogen (secondary N) is 1. The van der Waals surface area contributed by atoms with Crippen molar-refractivity contribution >= 4 is 31.9 Å². The summed E-state index contributed by atoms with van der Waals surface area (Å²) in [5, 5.41) is 8.23. The fraction of sp³-hybridized carbons (Fsp3) is 0.625. The number of rotatable bonds is 5. The molecular formula is C8H11BrF3N5O3S. The standard InChI is InChI=1S/C8H11BrF3N5O3S/c1-16(3-5(18)13-4-8(10,11)12)21(19,20)7-6(9)14-15-17(7)2/h3-4H2,1-2H3,(H,13,18). The normalized spacial score (nSPS) is 12.7. The summed E-state index contributed by atoms with van der Waals surface area (Å²) in [5.41, 5.74) is 0. The van der Waals surface area contributed by atoms with Crippen LogP contribution in [0.1, 0.15) is 0 Å². The van der Waals surface area contributed by atoms with Crippen molar-refractivity contribution in [3.8, 4) is 0 Å². The Balaban J connectivity index is 2.80. The van der Waals surface area contributed by atoms with E-state index in [9.17, 15) is 26.4 Å². The highest BCUT2D eigenvalue weighted by molar-refractivity contribution is 9.10. The van der Waals surface area contributed by atoms with Gasteiger partial charge >= 0.3 is 6.18 Å². The summed E-state index contributed by atoms with van der Waals surface area (Å²) < 4.78 is 61.7. The van der Waals surface area contributed by atoms with Crippen LogP contribution in [0.5, 0.6) is 0 Å². The molecule has 1 heterocycles. The number of alkyl halides is 3. The molecule has 0 saturated heterocycles. The van der Waals surface area contributed by atoms with E-state index in [2.05, 4.69) is 26.2 Å². The number of hydrogen-bond acceptors (Lipinski definition) is 5. The fourth-order valence-electron chi connectivity index (χ4n) is 1.29. The van der Waals surface area contributed by atoms with E-state index in [0.717, 1.165) is 11.7 Å². The van der Waals surface area contributed by atoms with Crippen molar-refractivity contribution in [1.29, 1.82) is 0 Å². The van der Waals surface area contributed by atoms with Crippen LogP contribution in [-0.2, 0) is 21.9 Å². The van der Waals surface area contributed by atoms with Crippen molar-refractivity contribution in [2.45, 2.75) is 11.2 Å². The van der Waals surface area contributed by atoms with E-state index < -0.39 is 35.2 Å². The molecule has 0 bridgehead atoms. The predicted molar refractivity (Wildman–Crippen MR) is 67.6 cm³/mol. The summed E-state index contributed by atoms with van der Waals surface area (Å²) in [7, 11) is -1.74. The number of carbonyl (C=O) groups excluding carboxylic acids is 1. The smallest absolute Gasteiger partial charge is 0.346 e. The van der Waals surface area contributed by atoms with Gasteiger partial charge in [0.2, 0.25) is 10.9 Å². The number of aromatic nitrogens is 3. The van der Waals surface area contributed by atoms with Crippen LogP contribution < -0.4 is 5.32 Å². The number of hydrogen-bond donors (Lipinski definition) is 1. The van der Waals surface area contributed by atoms with Gasteiger partial charge in [-0.05, 0) is 15.9 Å². The van der Waals surface area contributed by atoms with Gasteiger partial charge in [-0.15, -0.1) is 5.10 Å². The summed E-state index contributed by atoms with van der Waals surface area (Å²) in [6.07, 6.45) is -4.57. The summed E-state index contributed by atoms with van der Waals surface area (Å²) in [6, 6.07) is 0. The molecule has 1 amide bonds. The van der Waals surface area contributed by atoms with Crippen LogP contribution in [0.2, 0.25) is 0 Å². The minimum Gasteiger partial charge on any atom is -0.346 e. The molecule has 13 heteroatoms. The van der Waals surface area contributed by atoms with E-state index in [-0.39, 0.29) is 9.63 Å². The number of aryl methyl sites for hydroxylation is 1. The number of nitrogens with zero attached hydrogens (tertiary/aromatic N) is 4.